The first-order chi connectivity index (χ1) is 4.75. The molecule has 1 rings (SSSR count). The molecule has 6 heteroatoms. The van der Waals surface area contributed by atoms with Crippen LogP contribution in [0.2, 0.25) is 0 Å². The number of aliphatic hydroxyl groups excluding tert-OH is 1. The van der Waals surface area contributed by atoms with Gasteiger partial charge in [0, 0.05) is 5.69 Å². The molecule has 0 amide bonds. The molecule has 54 valence electrons. The molecule has 0 bridgehead atoms. The van der Waals surface area contributed by atoms with E-state index in [-0.39, 0.29) is 11.5 Å². The van der Waals surface area contributed by atoms with Crippen molar-refractivity contribution in [1.29, 1.82) is 0 Å². The lowest BCUT2D eigenvalue weighted by Gasteiger charge is -2.00. The van der Waals surface area contributed by atoms with Crippen LogP contribution in [0.15, 0.2) is 6.33 Å². The van der Waals surface area contributed by atoms with Gasteiger partial charge in [-0.15, -0.1) is 0 Å². The molecule has 1 N–H and O–H groups in total. The number of aromatic nitrogens is 2. The molecule has 0 aliphatic heterocycles. The molecule has 0 aliphatic rings. The summed E-state index contributed by atoms with van der Waals surface area (Å²) >= 11 is 0. The zero-order chi connectivity index (χ0) is 7.56. The van der Waals surface area contributed by atoms with E-state index in [0.717, 1.165) is 6.33 Å². The van der Waals surface area contributed by atoms with E-state index in [4.69, 9.17) is 5.11 Å². The van der Waals surface area contributed by atoms with Gasteiger partial charge in [-0.05, 0) is 0 Å². The molecular weight excluding hydrogens is 138 g/mol. The summed E-state index contributed by atoms with van der Waals surface area (Å²) in [7, 11) is 0. The topological polar surface area (TPSA) is 90.4 Å². The minimum Gasteiger partial charge on any atom is -0.441 e. The number of aliphatic hydroxyl groups is 1. The Morgan fingerprint density at radius 1 is 1.90 bits per heavy atom. The minimum absolute atomic E-state index is 0.00463. The minimum atomic E-state index is -0.682. The summed E-state index contributed by atoms with van der Waals surface area (Å²) in [5.41, 5.74) is 0.00463. The average molecular weight is 142 g/mol. The van der Waals surface area contributed by atoms with Crippen molar-refractivity contribution in [2.45, 2.75) is 6.61 Å². The van der Waals surface area contributed by atoms with Gasteiger partial charge in [0.2, 0.25) is 0 Å². The fourth-order valence-electron chi connectivity index (χ4n) is 0.550. The Labute approximate surface area is 55.7 Å². The molecular formula is C4H4N3O3-. The maximum Gasteiger partial charge on any atom is 0.164 e. The van der Waals surface area contributed by atoms with Crippen LogP contribution in [-0.4, -0.2) is 15.0 Å². The Morgan fingerprint density at radius 2 is 2.60 bits per heavy atom. The van der Waals surface area contributed by atoms with E-state index in [1.165, 1.54) is 0 Å². The molecule has 0 radical (unpaired) electrons. The molecule has 0 fully saturated rings. The number of hydrogen-bond acceptors (Lipinski definition) is 4. The van der Waals surface area contributed by atoms with E-state index in [2.05, 4.69) is 9.97 Å². The van der Waals surface area contributed by atoms with Gasteiger partial charge in [-0.2, -0.15) is 0 Å². The zero-order valence-corrected chi connectivity index (χ0v) is 4.89. The molecule has 0 unspecified atom stereocenters. The van der Waals surface area contributed by atoms with Crippen molar-refractivity contribution >= 4 is 5.82 Å². The first-order valence-corrected chi connectivity index (χ1v) is 2.47. The van der Waals surface area contributed by atoms with Crippen molar-refractivity contribution in [1.82, 2.24) is 9.97 Å². The highest BCUT2D eigenvalue weighted by molar-refractivity contribution is 5.23. The van der Waals surface area contributed by atoms with Gasteiger partial charge in [0.1, 0.15) is 0 Å². The summed E-state index contributed by atoms with van der Waals surface area (Å²) in [5, 5.41) is 18.5. The van der Waals surface area contributed by atoms with Gasteiger partial charge in [-0.25, -0.2) is 0 Å². The van der Waals surface area contributed by atoms with Crippen LogP contribution in [0.4, 0.5) is 5.82 Å². The number of hydrogen-bond donors (Lipinski definition) is 1. The Hall–Kier alpha value is -1.43. The number of imidazole rings is 1. The molecule has 10 heavy (non-hydrogen) atoms. The van der Waals surface area contributed by atoms with Crippen LogP contribution in [0.1, 0.15) is 5.69 Å². The van der Waals surface area contributed by atoms with Crippen LogP contribution in [0.5, 0.6) is 0 Å². The summed E-state index contributed by atoms with van der Waals surface area (Å²) in [6.07, 6.45) is 1.05. The van der Waals surface area contributed by atoms with Crippen LogP contribution in [-0.2, 0) is 6.61 Å². The fourth-order valence-corrected chi connectivity index (χ4v) is 0.550. The summed E-state index contributed by atoms with van der Waals surface area (Å²) < 4.78 is 0. The Balaban J connectivity index is 3.01. The molecule has 0 saturated heterocycles. The molecule has 0 spiro atoms. The lowest BCUT2D eigenvalue weighted by molar-refractivity contribution is -0.390. The second kappa shape index (κ2) is 2.44. The van der Waals surface area contributed by atoms with Gasteiger partial charge in [0.25, 0.3) is 0 Å². The quantitative estimate of drug-likeness (QED) is 0.441. The zero-order valence-electron chi connectivity index (χ0n) is 4.89. The Bertz CT molecular complexity index is 244. The molecule has 0 saturated carbocycles. The lowest BCUT2D eigenvalue weighted by atomic mass is 10.5. The van der Waals surface area contributed by atoms with Gasteiger partial charge in [-0.3, -0.25) is 0 Å². The van der Waals surface area contributed by atoms with E-state index in [1.54, 1.807) is 0 Å². The normalized spacial score (nSPS) is 9.70. The molecule has 0 atom stereocenters. The second-order valence-electron chi connectivity index (χ2n) is 1.56. The number of rotatable bonds is 2. The van der Waals surface area contributed by atoms with Crippen molar-refractivity contribution in [3.63, 3.8) is 0 Å². The van der Waals surface area contributed by atoms with Crippen LogP contribution >= 0.6 is 0 Å². The largest absolute Gasteiger partial charge is 0.441 e. The van der Waals surface area contributed by atoms with Crippen molar-refractivity contribution in [3.05, 3.63) is 22.1 Å². The molecule has 1 aromatic rings. The first kappa shape index (κ1) is 6.69. The molecule has 1 heterocycles. The van der Waals surface area contributed by atoms with E-state index in [0.29, 0.717) is 0 Å². The number of nitro groups is 1. The van der Waals surface area contributed by atoms with Gasteiger partial charge in [0.15, 0.2) is 5.82 Å². The molecule has 6 nitrogen and oxygen atoms in total. The summed E-state index contributed by atoms with van der Waals surface area (Å²) in [6.45, 7) is -0.448. The second-order valence-corrected chi connectivity index (χ2v) is 1.56. The highest BCUT2D eigenvalue weighted by atomic mass is 16.6. The van der Waals surface area contributed by atoms with Gasteiger partial charge in [0.05, 0.1) is 6.61 Å². The van der Waals surface area contributed by atoms with Crippen molar-refractivity contribution in [2.24, 2.45) is 0 Å². The average Bonchev–Trinajstić information content (AvgIpc) is 2.33. The summed E-state index contributed by atoms with van der Waals surface area (Å²) in [5.74, 6) is -0.373. The van der Waals surface area contributed by atoms with Crippen molar-refractivity contribution in [3.8, 4) is 0 Å². The van der Waals surface area contributed by atoms with Crippen LogP contribution in [0.25, 0.3) is 0 Å². The Kier molecular flexibility index (Phi) is 1.63. The van der Waals surface area contributed by atoms with Crippen LogP contribution in [0, 0.1) is 10.1 Å². The molecule has 0 aromatic carbocycles. The van der Waals surface area contributed by atoms with Crippen molar-refractivity contribution in [2.75, 3.05) is 0 Å². The van der Waals surface area contributed by atoms with Crippen LogP contribution < -0.4 is 4.98 Å². The van der Waals surface area contributed by atoms with E-state index < -0.39 is 11.5 Å². The summed E-state index contributed by atoms with van der Waals surface area (Å²) in [4.78, 5) is 16.1. The maximum absolute atomic E-state index is 10.0. The van der Waals surface area contributed by atoms with E-state index in [1.807, 2.05) is 0 Å². The standard InChI is InChI=1S/C4H4N3O3/c8-1-3-4(7(9)10)6-2-5-3/h2,8H,1H2/q-1. The van der Waals surface area contributed by atoms with E-state index in [9.17, 15) is 10.1 Å². The third-order valence-corrected chi connectivity index (χ3v) is 0.974. The molecule has 1 aromatic heterocycles. The first-order valence-electron chi connectivity index (χ1n) is 2.47. The maximum atomic E-state index is 10.0. The van der Waals surface area contributed by atoms with Crippen molar-refractivity contribution < 1.29 is 10.0 Å². The van der Waals surface area contributed by atoms with E-state index >= 15 is 0 Å². The SMILES string of the molecule is O=[N+]([O-])c1nc[n-]c1CO. The fraction of sp³-hybridized carbons (Fsp3) is 0.250. The predicted molar refractivity (Wildman–Crippen MR) is 30.1 cm³/mol. The third-order valence-electron chi connectivity index (χ3n) is 0.974. The van der Waals surface area contributed by atoms with Crippen LogP contribution in [0.3, 0.4) is 0 Å². The smallest absolute Gasteiger partial charge is 0.164 e. The number of nitrogens with zero attached hydrogens (tertiary/aromatic N) is 3. The van der Waals surface area contributed by atoms with Gasteiger partial charge >= 0.3 is 0 Å². The monoisotopic (exact) mass is 142 g/mol. The predicted octanol–water partition coefficient (Wildman–Crippen LogP) is -0.561. The van der Waals surface area contributed by atoms with Gasteiger partial charge in [-0.1, -0.05) is 11.3 Å². The highest BCUT2D eigenvalue weighted by Crippen LogP contribution is 2.09. The van der Waals surface area contributed by atoms with Gasteiger partial charge < -0.3 is 25.2 Å². The molecule has 0 aliphatic carbocycles. The Morgan fingerprint density at radius 3 is 3.00 bits per heavy atom. The lowest BCUT2D eigenvalue weighted by Crippen LogP contribution is -1.94. The third kappa shape index (κ3) is 0.960. The highest BCUT2D eigenvalue weighted by Gasteiger charge is 1.98. The summed E-state index contributed by atoms with van der Waals surface area (Å²) in [6, 6.07) is 0.